The van der Waals surface area contributed by atoms with E-state index in [1.807, 2.05) is 0 Å². The number of nitrogens with zero attached hydrogens (tertiary/aromatic N) is 2. The van der Waals surface area contributed by atoms with E-state index in [-0.39, 0.29) is 0 Å². The number of halogens is 1. The quantitative estimate of drug-likeness (QED) is 0.922. The Bertz CT molecular complexity index is 422. The maximum atomic E-state index is 5.67. The first-order valence-electron chi connectivity index (χ1n) is 6.96. The molecule has 1 atom stereocenters. The smallest absolute Gasteiger partial charge is 0.0245 e. The Morgan fingerprint density at radius 3 is 2.89 bits per heavy atom. The van der Waals surface area contributed by atoms with E-state index >= 15 is 0 Å². The highest BCUT2D eigenvalue weighted by molar-refractivity contribution is 9.10. The second kappa shape index (κ2) is 6.84. The Labute approximate surface area is 124 Å². The molecule has 1 heterocycles. The number of likely N-dealkylation sites (N-methyl/N-ethyl adjacent to an activating group) is 2. The number of hydrogen-bond acceptors (Lipinski definition) is 3. The normalized spacial score (nSPS) is 21.0. The molecule has 1 aromatic carbocycles. The van der Waals surface area contributed by atoms with E-state index in [0.717, 1.165) is 6.54 Å². The van der Waals surface area contributed by atoms with Crippen LogP contribution in [0.1, 0.15) is 24.0 Å². The molecule has 0 spiro atoms. The molecule has 0 radical (unpaired) electrons. The first-order chi connectivity index (χ1) is 9.10. The minimum absolute atomic E-state index is 0.599. The van der Waals surface area contributed by atoms with Gasteiger partial charge in [0.2, 0.25) is 0 Å². The predicted molar refractivity (Wildman–Crippen MR) is 84.0 cm³/mol. The molecular formula is C15H24BrN3. The molecule has 1 saturated heterocycles. The summed E-state index contributed by atoms with van der Waals surface area (Å²) >= 11 is 3.66. The van der Waals surface area contributed by atoms with Crippen LogP contribution >= 0.6 is 15.9 Å². The minimum Gasteiger partial charge on any atom is -0.326 e. The van der Waals surface area contributed by atoms with Crippen LogP contribution < -0.4 is 5.73 Å². The van der Waals surface area contributed by atoms with Gasteiger partial charge in [-0.25, -0.2) is 0 Å². The lowest BCUT2D eigenvalue weighted by Gasteiger charge is -2.36. The molecule has 0 amide bonds. The van der Waals surface area contributed by atoms with Crippen molar-refractivity contribution in [1.82, 2.24) is 9.80 Å². The summed E-state index contributed by atoms with van der Waals surface area (Å²) in [5.41, 5.74) is 8.18. The van der Waals surface area contributed by atoms with Crippen LogP contribution in [-0.2, 0) is 13.1 Å². The fraction of sp³-hybridized carbons (Fsp3) is 0.600. The molecule has 4 heteroatoms. The van der Waals surface area contributed by atoms with E-state index in [0.29, 0.717) is 12.6 Å². The highest BCUT2D eigenvalue weighted by Crippen LogP contribution is 2.22. The van der Waals surface area contributed by atoms with Crippen LogP contribution in [-0.4, -0.2) is 43.0 Å². The fourth-order valence-corrected chi connectivity index (χ4v) is 3.29. The molecular weight excluding hydrogens is 302 g/mol. The Morgan fingerprint density at radius 2 is 2.26 bits per heavy atom. The van der Waals surface area contributed by atoms with Gasteiger partial charge >= 0.3 is 0 Å². The van der Waals surface area contributed by atoms with Crippen molar-refractivity contribution in [2.45, 2.75) is 32.0 Å². The summed E-state index contributed by atoms with van der Waals surface area (Å²) in [5, 5.41) is 0. The third-order valence-corrected chi connectivity index (χ3v) is 4.73. The third kappa shape index (κ3) is 4.02. The molecule has 0 bridgehead atoms. The number of likely N-dealkylation sites (tertiary alicyclic amines) is 1. The van der Waals surface area contributed by atoms with E-state index in [1.54, 1.807) is 0 Å². The number of rotatable bonds is 4. The second-order valence-electron chi connectivity index (χ2n) is 5.60. The van der Waals surface area contributed by atoms with E-state index < -0.39 is 0 Å². The lowest BCUT2D eigenvalue weighted by Crippen LogP contribution is -2.44. The number of hydrogen-bond donors (Lipinski definition) is 1. The van der Waals surface area contributed by atoms with Gasteiger partial charge in [-0.1, -0.05) is 28.1 Å². The van der Waals surface area contributed by atoms with E-state index in [1.165, 1.54) is 41.5 Å². The van der Waals surface area contributed by atoms with Crippen molar-refractivity contribution in [3.05, 3.63) is 33.8 Å². The van der Waals surface area contributed by atoms with Crippen molar-refractivity contribution in [2.75, 3.05) is 27.2 Å². The van der Waals surface area contributed by atoms with Gasteiger partial charge in [0.25, 0.3) is 0 Å². The Kier molecular flexibility index (Phi) is 5.39. The molecule has 1 aliphatic rings. The first-order valence-corrected chi connectivity index (χ1v) is 7.75. The van der Waals surface area contributed by atoms with Crippen LogP contribution in [0.5, 0.6) is 0 Å². The van der Waals surface area contributed by atoms with Crippen LogP contribution in [0.25, 0.3) is 0 Å². The number of benzene rings is 1. The highest BCUT2D eigenvalue weighted by atomic mass is 79.9. The highest BCUT2D eigenvalue weighted by Gasteiger charge is 2.21. The molecule has 1 fully saturated rings. The van der Waals surface area contributed by atoms with Gasteiger partial charge in [0.15, 0.2) is 0 Å². The molecule has 1 aliphatic heterocycles. The summed E-state index contributed by atoms with van der Waals surface area (Å²) in [6.45, 7) is 4.00. The summed E-state index contributed by atoms with van der Waals surface area (Å²) in [7, 11) is 4.44. The SMILES string of the molecule is CN1CCCC(N(C)Cc2ccc(CN)cc2Br)C1. The molecule has 0 aliphatic carbocycles. The van der Waals surface area contributed by atoms with Gasteiger partial charge in [-0.2, -0.15) is 0 Å². The van der Waals surface area contributed by atoms with Crippen LogP contribution in [0.3, 0.4) is 0 Å². The Balaban J connectivity index is 2.00. The summed E-state index contributed by atoms with van der Waals surface area (Å²) in [5.74, 6) is 0. The van der Waals surface area contributed by atoms with E-state index in [4.69, 9.17) is 5.73 Å². The lowest BCUT2D eigenvalue weighted by atomic mass is 10.0. The Hall–Kier alpha value is -0.420. The lowest BCUT2D eigenvalue weighted by molar-refractivity contribution is 0.129. The summed E-state index contributed by atoms with van der Waals surface area (Å²) in [6.07, 6.45) is 2.61. The zero-order valence-corrected chi connectivity index (χ0v) is 13.5. The molecule has 0 saturated carbocycles. The average Bonchev–Trinajstić information content (AvgIpc) is 2.41. The van der Waals surface area contributed by atoms with Gasteiger partial charge in [0.05, 0.1) is 0 Å². The molecule has 2 N–H and O–H groups in total. The van der Waals surface area contributed by atoms with Crippen molar-refractivity contribution >= 4 is 15.9 Å². The molecule has 1 unspecified atom stereocenters. The number of nitrogens with two attached hydrogens (primary N) is 1. The van der Waals surface area contributed by atoms with Crippen molar-refractivity contribution in [3.63, 3.8) is 0 Å². The van der Waals surface area contributed by atoms with Crippen molar-refractivity contribution in [2.24, 2.45) is 5.73 Å². The maximum absolute atomic E-state index is 5.67. The maximum Gasteiger partial charge on any atom is 0.0245 e. The largest absolute Gasteiger partial charge is 0.326 e. The average molecular weight is 326 g/mol. The van der Waals surface area contributed by atoms with Crippen LogP contribution in [0.2, 0.25) is 0 Å². The molecule has 106 valence electrons. The summed E-state index contributed by atoms with van der Waals surface area (Å²) in [6, 6.07) is 7.12. The van der Waals surface area contributed by atoms with Crippen LogP contribution in [0, 0.1) is 0 Å². The van der Waals surface area contributed by atoms with Gasteiger partial charge in [0.1, 0.15) is 0 Å². The zero-order chi connectivity index (χ0) is 13.8. The van der Waals surface area contributed by atoms with E-state index in [2.05, 4.69) is 58.0 Å². The predicted octanol–water partition coefficient (Wildman–Crippen LogP) is 2.43. The van der Waals surface area contributed by atoms with E-state index in [9.17, 15) is 0 Å². The molecule has 1 aromatic rings. The van der Waals surface area contributed by atoms with Gasteiger partial charge < -0.3 is 10.6 Å². The zero-order valence-electron chi connectivity index (χ0n) is 11.9. The molecule has 19 heavy (non-hydrogen) atoms. The van der Waals surface area contributed by atoms with Gasteiger partial charge in [0, 0.05) is 30.1 Å². The van der Waals surface area contributed by atoms with Crippen LogP contribution in [0.4, 0.5) is 0 Å². The third-order valence-electron chi connectivity index (χ3n) is 4.00. The Morgan fingerprint density at radius 1 is 1.47 bits per heavy atom. The minimum atomic E-state index is 0.599. The summed E-state index contributed by atoms with van der Waals surface area (Å²) in [4.78, 5) is 4.90. The van der Waals surface area contributed by atoms with Gasteiger partial charge in [-0.05, 0) is 50.7 Å². The van der Waals surface area contributed by atoms with Gasteiger partial charge in [-0.3, -0.25) is 4.90 Å². The number of piperidine rings is 1. The fourth-order valence-electron chi connectivity index (χ4n) is 2.74. The summed E-state index contributed by atoms with van der Waals surface area (Å²) < 4.78 is 1.17. The van der Waals surface area contributed by atoms with Crippen LogP contribution in [0.15, 0.2) is 22.7 Å². The standard InChI is InChI=1S/C15H24BrN3/c1-18-7-3-4-14(11-18)19(2)10-13-6-5-12(9-17)8-15(13)16/h5-6,8,14H,3-4,7,9-11,17H2,1-2H3. The van der Waals surface area contributed by atoms with Crippen molar-refractivity contribution in [3.8, 4) is 0 Å². The monoisotopic (exact) mass is 325 g/mol. The molecule has 0 aromatic heterocycles. The van der Waals surface area contributed by atoms with Crippen molar-refractivity contribution < 1.29 is 0 Å². The molecule has 2 rings (SSSR count). The topological polar surface area (TPSA) is 32.5 Å². The van der Waals surface area contributed by atoms with Crippen molar-refractivity contribution in [1.29, 1.82) is 0 Å². The molecule has 3 nitrogen and oxygen atoms in total. The second-order valence-corrected chi connectivity index (χ2v) is 6.46. The first kappa shape index (κ1) is 15.0. The van der Waals surface area contributed by atoms with Gasteiger partial charge in [-0.15, -0.1) is 0 Å².